The highest BCUT2D eigenvalue weighted by molar-refractivity contribution is 5.92. The number of carbonyl (C=O) groups is 2. The monoisotopic (exact) mass is 383 g/mol. The third kappa shape index (κ3) is 4.06. The summed E-state index contributed by atoms with van der Waals surface area (Å²) in [5.74, 6) is -0.0352. The van der Waals surface area contributed by atoms with E-state index in [4.69, 9.17) is 4.74 Å². The molecule has 2 aromatic heterocycles. The standard InChI is InChI=1S/C20H25N5O3/c26-19(13-15-5-1-3-7-21-15)25-8-4-2-6-18(25)16-14-17(23-22-16)20(27)24-9-11-28-12-10-24/h1,3,5,7,14,18H,2,4,6,8-13H2,(H,22,23)/t18-/m1/s1. The summed E-state index contributed by atoms with van der Waals surface area (Å²) in [6.45, 7) is 2.99. The highest BCUT2D eigenvalue weighted by Crippen LogP contribution is 2.30. The maximum atomic E-state index is 12.9. The molecule has 2 amide bonds. The van der Waals surface area contributed by atoms with E-state index in [1.807, 2.05) is 23.1 Å². The minimum atomic E-state index is -0.0898. The number of nitrogens with one attached hydrogen (secondary N) is 1. The molecule has 148 valence electrons. The molecule has 0 radical (unpaired) electrons. The lowest BCUT2D eigenvalue weighted by molar-refractivity contribution is -0.134. The maximum Gasteiger partial charge on any atom is 0.274 e. The molecule has 8 nitrogen and oxygen atoms in total. The molecule has 4 rings (SSSR count). The average molecular weight is 383 g/mol. The fourth-order valence-corrected chi connectivity index (χ4v) is 3.86. The summed E-state index contributed by atoms with van der Waals surface area (Å²) in [5, 5.41) is 7.24. The van der Waals surface area contributed by atoms with Crippen LogP contribution in [0.2, 0.25) is 0 Å². The van der Waals surface area contributed by atoms with E-state index in [9.17, 15) is 9.59 Å². The number of morpholine rings is 1. The molecule has 0 aliphatic carbocycles. The van der Waals surface area contributed by atoms with Crippen LogP contribution in [0.3, 0.4) is 0 Å². The molecule has 28 heavy (non-hydrogen) atoms. The Balaban J connectivity index is 1.47. The van der Waals surface area contributed by atoms with Gasteiger partial charge in [0.05, 0.1) is 31.4 Å². The normalized spacial score (nSPS) is 20.2. The predicted octanol–water partition coefficient (Wildman–Crippen LogP) is 1.57. The van der Waals surface area contributed by atoms with Gasteiger partial charge in [-0.15, -0.1) is 0 Å². The number of carbonyl (C=O) groups excluding carboxylic acids is 2. The van der Waals surface area contributed by atoms with Gasteiger partial charge in [-0.3, -0.25) is 19.7 Å². The number of aromatic amines is 1. The van der Waals surface area contributed by atoms with E-state index in [-0.39, 0.29) is 24.3 Å². The first kappa shape index (κ1) is 18.6. The van der Waals surface area contributed by atoms with Crippen LogP contribution in [-0.2, 0) is 16.0 Å². The fourth-order valence-electron chi connectivity index (χ4n) is 3.86. The van der Waals surface area contributed by atoms with Crippen LogP contribution in [0.15, 0.2) is 30.5 Å². The molecule has 8 heteroatoms. The van der Waals surface area contributed by atoms with Crippen molar-refractivity contribution in [3.8, 4) is 0 Å². The van der Waals surface area contributed by atoms with Crippen LogP contribution >= 0.6 is 0 Å². The number of aromatic nitrogens is 3. The second-order valence-electron chi connectivity index (χ2n) is 7.21. The first-order valence-corrected chi connectivity index (χ1v) is 9.84. The Morgan fingerprint density at radius 2 is 2.04 bits per heavy atom. The van der Waals surface area contributed by atoms with E-state index < -0.39 is 0 Å². The number of ether oxygens (including phenoxy) is 1. The van der Waals surface area contributed by atoms with Gasteiger partial charge < -0.3 is 14.5 Å². The quantitative estimate of drug-likeness (QED) is 0.865. The Morgan fingerprint density at radius 3 is 2.82 bits per heavy atom. The van der Waals surface area contributed by atoms with Gasteiger partial charge in [-0.1, -0.05) is 6.07 Å². The van der Waals surface area contributed by atoms with Crippen molar-refractivity contribution in [2.75, 3.05) is 32.8 Å². The minimum absolute atomic E-state index is 0.0547. The van der Waals surface area contributed by atoms with Gasteiger partial charge in [0.2, 0.25) is 5.91 Å². The van der Waals surface area contributed by atoms with Crippen molar-refractivity contribution in [3.63, 3.8) is 0 Å². The van der Waals surface area contributed by atoms with Crippen LogP contribution < -0.4 is 0 Å². The van der Waals surface area contributed by atoms with Crippen LogP contribution in [0.4, 0.5) is 0 Å². The Morgan fingerprint density at radius 1 is 1.18 bits per heavy atom. The molecular weight excluding hydrogens is 358 g/mol. The summed E-state index contributed by atoms with van der Waals surface area (Å²) >= 11 is 0. The minimum Gasteiger partial charge on any atom is -0.378 e. The molecule has 0 bridgehead atoms. The molecule has 0 spiro atoms. The van der Waals surface area contributed by atoms with Crippen molar-refractivity contribution in [3.05, 3.63) is 47.5 Å². The highest BCUT2D eigenvalue weighted by Gasteiger charge is 2.30. The van der Waals surface area contributed by atoms with Crippen molar-refractivity contribution in [1.82, 2.24) is 25.0 Å². The number of amides is 2. The van der Waals surface area contributed by atoms with Gasteiger partial charge >= 0.3 is 0 Å². The van der Waals surface area contributed by atoms with Crippen molar-refractivity contribution in [1.29, 1.82) is 0 Å². The van der Waals surface area contributed by atoms with Crippen LogP contribution in [0.5, 0.6) is 0 Å². The summed E-state index contributed by atoms with van der Waals surface area (Å²) in [6, 6.07) is 7.32. The summed E-state index contributed by atoms with van der Waals surface area (Å²) < 4.78 is 5.30. The fraction of sp³-hybridized carbons (Fsp3) is 0.500. The molecule has 2 saturated heterocycles. The van der Waals surface area contributed by atoms with Crippen molar-refractivity contribution in [2.45, 2.75) is 31.7 Å². The van der Waals surface area contributed by atoms with Gasteiger partial charge in [-0.25, -0.2) is 0 Å². The third-order valence-electron chi connectivity index (χ3n) is 5.36. The topological polar surface area (TPSA) is 91.4 Å². The van der Waals surface area contributed by atoms with Crippen LogP contribution in [0, 0.1) is 0 Å². The van der Waals surface area contributed by atoms with Crippen molar-refractivity contribution < 1.29 is 14.3 Å². The van der Waals surface area contributed by atoms with Gasteiger partial charge in [0, 0.05) is 31.5 Å². The zero-order valence-corrected chi connectivity index (χ0v) is 15.8. The second-order valence-corrected chi connectivity index (χ2v) is 7.21. The lowest BCUT2D eigenvalue weighted by atomic mass is 9.98. The molecule has 0 aromatic carbocycles. The number of likely N-dealkylation sites (tertiary alicyclic amines) is 1. The summed E-state index contributed by atoms with van der Waals surface area (Å²) in [7, 11) is 0. The Bertz CT molecular complexity index is 816. The summed E-state index contributed by atoms with van der Waals surface area (Å²) in [4.78, 5) is 33.5. The van der Waals surface area contributed by atoms with E-state index in [0.29, 0.717) is 38.5 Å². The first-order chi connectivity index (χ1) is 13.7. The van der Waals surface area contributed by atoms with Crippen LogP contribution in [0.1, 0.15) is 47.2 Å². The molecular formula is C20H25N5O3. The summed E-state index contributed by atoms with van der Waals surface area (Å²) in [6.07, 6.45) is 4.88. The number of rotatable bonds is 4. The van der Waals surface area contributed by atoms with Gasteiger partial charge in [0.25, 0.3) is 5.91 Å². The number of H-pyrrole nitrogens is 1. The van der Waals surface area contributed by atoms with Gasteiger partial charge in [-0.05, 0) is 37.5 Å². The lowest BCUT2D eigenvalue weighted by Crippen LogP contribution is -2.41. The number of hydrogen-bond donors (Lipinski definition) is 1. The molecule has 1 N–H and O–H groups in total. The molecule has 0 saturated carbocycles. The Kier molecular flexibility index (Phi) is 5.66. The predicted molar refractivity (Wildman–Crippen MR) is 102 cm³/mol. The molecule has 1 atom stereocenters. The Hall–Kier alpha value is -2.74. The van der Waals surface area contributed by atoms with E-state index in [0.717, 1.165) is 30.7 Å². The second kappa shape index (κ2) is 8.52. The molecule has 2 fully saturated rings. The van der Waals surface area contributed by atoms with Crippen LogP contribution in [-0.4, -0.2) is 69.6 Å². The zero-order chi connectivity index (χ0) is 19.3. The first-order valence-electron chi connectivity index (χ1n) is 9.84. The van der Waals surface area contributed by atoms with E-state index in [1.54, 1.807) is 17.2 Å². The van der Waals surface area contributed by atoms with E-state index in [2.05, 4.69) is 15.2 Å². The smallest absolute Gasteiger partial charge is 0.274 e. The third-order valence-corrected chi connectivity index (χ3v) is 5.36. The number of pyridine rings is 1. The largest absolute Gasteiger partial charge is 0.378 e. The molecule has 2 aliphatic heterocycles. The molecule has 0 unspecified atom stereocenters. The SMILES string of the molecule is O=C(c1cc([C@H]2CCCCN2C(=O)Cc2ccccn2)[nH]n1)N1CCOCC1. The molecule has 2 aromatic rings. The maximum absolute atomic E-state index is 12.9. The van der Waals surface area contributed by atoms with Crippen molar-refractivity contribution >= 4 is 11.8 Å². The van der Waals surface area contributed by atoms with E-state index >= 15 is 0 Å². The lowest BCUT2D eigenvalue weighted by Gasteiger charge is -2.35. The zero-order valence-electron chi connectivity index (χ0n) is 15.8. The average Bonchev–Trinajstić information content (AvgIpc) is 3.25. The van der Waals surface area contributed by atoms with Gasteiger partial charge in [0.15, 0.2) is 0 Å². The van der Waals surface area contributed by atoms with Gasteiger partial charge in [-0.2, -0.15) is 5.10 Å². The summed E-state index contributed by atoms with van der Waals surface area (Å²) in [5.41, 5.74) is 2.00. The number of hydrogen-bond acceptors (Lipinski definition) is 5. The number of piperidine rings is 1. The van der Waals surface area contributed by atoms with Crippen molar-refractivity contribution in [2.24, 2.45) is 0 Å². The van der Waals surface area contributed by atoms with Gasteiger partial charge in [0.1, 0.15) is 5.69 Å². The van der Waals surface area contributed by atoms with E-state index in [1.165, 1.54) is 0 Å². The number of nitrogens with zero attached hydrogens (tertiary/aromatic N) is 4. The Labute approximate surface area is 163 Å². The molecule has 2 aliphatic rings. The highest BCUT2D eigenvalue weighted by atomic mass is 16.5. The molecule has 4 heterocycles. The van der Waals surface area contributed by atoms with Crippen LogP contribution in [0.25, 0.3) is 0 Å².